The van der Waals surface area contributed by atoms with Crippen LogP contribution < -0.4 is 16.0 Å². The first-order valence-electron chi connectivity index (χ1n) is 9.97. The number of hydrogen-bond donors (Lipinski definition) is 3. The van der Waals surface area contributed by atoms with Gasteiger partial charge in [0, 0.05) is 31.2 Å². The minimum absolute atomic E-state index is 0.177. The fourth-order valence-electron chi connectivity index (χ4n) is 4.46. The molecular formula is C22H26N4O2. The molecule has 28 heavy (non-hydrogen) atoms. The molecule has 0 bridgehead atoms. The average molecular weight is 378 g/mol. The van der Waals surface area contributed by atoms with E-state index in [1.54, 1.807) is 18.3 Å². The van der Waals surface area contributed by atoms with E-state index in [-0.39, 0.29) is 17.2 Å². The molecule has 0 radical (unpaired) electrons. The van der Waals surface area contributed by atoms with Gasteiger partial charge in [-0.25, -0.2) is 0 Å². The van der Waals surface area contributed by atoms with Gasteiger partial charge < -0.3 is 16.0 Å². The Hall–Kier alpha value is -2.73. The van der Waals surface area contributed by atoms with Gasteiger partial charge in [0.1, 0.15) is 0 Å². The lowest BCUT2D eigenvalue weighted by Crippen LogP contribution is -2.47. The molecule has 1 saturated heterocycles. The van der Waals surface area contributed by atoms with E-state index in [4.69, 9.17) is 0 Å². The highest BCUT2D eigenvalue weighted by Crippen LogP contribution is 2.43. The number of hydrogen-bond acceptors (Lipinski definition) is 4. The summed E-state index contributed by atoms with van der Waals surface area (Å²) in [7, 11) is 0. The van der Waals surface area contributed by atoms with E-state index in [9.17, 15) is 9.59 Å². The standard InChI is InChI=1S/C22H26N4O2/c27-20(17-4-3-11-23-13-17)26-19-8-6-16(7-9-19)12-25-21(28)22-10-2-1-5-18(22)14-24-15-22/h3-4,6-9,11,13,18,24H,1-2,5,10,12,14-15H2,(H,25,28)(H,26,27)/t18-,22+/m0/s1. The van der Waals surface area contributed by atoms with E-state index in [2.05, 4.69) is 20.9 Å². The summed E-state index contributed by atoms with van der Waals surface area (Å²) in [4.78, 5) is 29.1. The van der Waals surface area contributed by atoms with Crippen molar-refractivity contribution in [1.82, 2.24) is 15.6 Å². The van der Waals surface area contributed by atoms with Crippen LogP contribution >= 0.6 is 0 Å². The molecule has 1 saturated carbocycles. The molecule has 2 amide bonds. The van der Waals surface area contributed by atoms with Gasteiger partial charge >= 0.3 is 0 Å². The number of rotatable bonds is 5. The molecule has 6 nitrogen and oxygen atoms in total. The molecule has 2 aliphatic rings. The molecule has 0 spiro atoms. The molecule has 0 unspecified atom stereocenters. The zero-order chi connectivity index (χ0) is 19.4. The van der Waals surface area contributed by atoms with Crippen LogP contribution in [0.15, 0.2) is 48.8 Å². The minimum Gasteiger partial charge on any atom is -0.351 e. The largest absolute Gasteiger partial charge is 0.351 e. The Kier molecular flexibility index (Phi) is 5.39. The molecule has 146 valence electrons. The lowest BCUT2D eigenvalue weighted by molar-refractivity contribution is -0.134. The summed E-state index contributed by atoms with van der Waals surface area (Å²) in [5, 5.41) is 9.42. The lowest BCUT2D eigenvalue weighted by Gasteiger charge is -2.37. The van der Waals surface area contributed by atoms with Gasteiger partial charge in [0.15, 0.2) is 0 Å². The summed E-state index contributed by atoms with van der Waals surface area (Å²) < 4.78 is 0. The number of anilines is 1. The van der Waals surface area contributed by atoms with Crippen LogP contribution in [0.5, 0.6) is 0 Å². The third kappa shape index (κ3) is 3.78. The number of carbonyl (C=O) groups is 2. The maximum absolute atomic E-state index is 12.9. The number of pyridine rings is 1. The Morgan fingerprint density at radius 3 is 2.82 bits per heavy atom. The van der Waals surface area contributed by atoms with Gasteiger partial charge in [-0.1, -0.05) is 25.0 Å². The number of aromatic nitrogens is 1. The molecule has 1 aliphatic heterocycles. The van der Waals surface area contributed by atoms with Gasteiger partial charge in [0.25, 0.3) is 5.91 Å². The highest BCUT2D eigenvalue weighted by molar-refractivity contribution is 6.04. The third-order valence-corrected chi connectivity index (χ3v) is 6.08. The Morgan fingerprint density at radius 2 is 2.04 bits per heavy atom. The molecule has 2 atom stereocenters. The second-order valence-corrected chi connectivity index (χ2v) is 7.81. The molecule has 2 fully saturated rings. The summed E-state index contributed by atoms with van der Waals surface area (Å²) in [5.74, 6) is 0.452. The molecule has 2 heterocycles. The van der Waals surface area contributed by atoms with Crippen molar-refractivity contribution in [2.24, 2.45) is 11.3 Å². The Labute approximate surface area is 165 Å². The van der Waals surface area contributed by atoms with Gasteiger partial charge in [-0.3, -0.25) is 14.6 Å². The molecule has 2 aromatic rings. The second-order valence-electron chi connectivity index (χ2n) is 7.81. The Balaban J connectivity index is 1.33. The van der Waals surface area contributed by atoms with Crippen LogP contribution in [0.1, 0.15) is 41.6 Å². The van der Waals surface area contributed by atoms with E-state index in [1.165, 1.54) is 12.6 Å². The predicted molar refractivity (Wildman–Crippen MR) is 108 cm³/mol. The van der Waals surface area contributed by atoms with Crippen LogP contribution in [-0.4, -0.2) is 29.9 Å². The second kappa shape index (κ2) is 8.10. The van der Waals surface area contributed by atoms with Gasteiger partial charge in [-0.05, 0) is 55.1 Å². The fraction of sp³-hybridized carbons (Fsp3) is 0.409. The Morgan fingerprint density at radius 1 is 1.18 bits per heavy atom. The van der Waals surface area contributed by atoms with Crippen molar-refractivity contribution in [3.63, 3.8) is 0 Å². The first kappa shape index (κ1) is 18.6. The van der Waals surface area contributed by atoms with E-state index in [0.29, 0.717) is 18.0 Å². The van der Waals surface area contributed by atoms with Crippen molar-refractivity contribution in [3.8, 4) is 0 Å². The zero-order valence-corrected chi connectivity index (χ0v) is 15.9. The van der Waals surface area contributed by atoms with E-state index >= 15 is 0 Å². The van der Waals surface area contributed by atoms with Gasteiger partial charge in [0.05, 0.1) is 11.0 Å². The van der Waals surface area contributed by atoms with Crippen LogP contribution in [0.2, 0.25) is 0 Å². The third-order valence-electron chi connectivity index (χ3n) is 6.08. The first-order valence-corrected chi connectivity index (χ1v) is 9.97. The zero-order valence-electron chi connectivity index (χ0n) is 15.9. The van der Waals surface area contributed by atoms with Crippen LogP contribution in [0.4, 0.5) is 5.69 Å². The average Bonchev–Trinajstić information content (AvgIpc) is 3.19. The van der Waals surface area contributed by atoms with Gasteiger partial charge in [-0.15, -0.1) is 0 Å². The van der Waals surface area contributed by atoms with Crippen molar-refractivity contribution < 1.29 is 9.59 Å². The van der Waals surface area contributed by atoms with Gasteiger partial charge in [0.2, 0.25) is 5.91 Å². The summed E-state index contributed by atoms with van der Waals surface area (Å²) in [6.07, 6.45) is 7.66. The van der Waals surface area contributed by atoms with Crippen molar-refractivity contribution in [1.29, 1.82) is 0 Å². The lowest BCUT2D eigenvalue weighted by atomic mass is 9.67. The van der Waals surface area contributed by atoms with E-state index in [0.717, 1.165) is 43.6 Å². The number of carbonyl (C=O) groups excluding carboxylic acids is 2. The first-order chi connectivity index (χ1) is 13.7. The monoisotopic (exact) mass is 378 g/mol. The Bertz CT molecular complexity index is 837. The number of amides is 2. The number of nitrogens with one attached hydrogen (secondary N) is 3. The summed E-state index contributed by atoms with van der Waals surface area (Å²) in [6, 6.07) is 11.0. The number of nitrogens with zero attached hydrogens (tertiary/aromatic N) is 1. The summed E-state index contributed by atoms with van der Waals surface area (Å²) in [5.41, 5.74) is 2.03. The van der Waals surface area contributed by atoms with Crippen molar-refractivity contribution in [2.75, 3.05) is 18.4 Å². The number of benzene rings is 1. The summed E-state index contributed by atoms with van der Waals surface area (Å²) >= 11 is 0. The maximum Gasteiger partial charge on any atom is 0.257 e. The van der Waals surface area contributed by atoms with Crippen molar-refractivity contribution in [3.05, 3.63) is 59.9 Å². The van der Waals surface area contributed by atoms with E-state index < -0.39 is 0 Å². The highest BCUT2D eigenvalue weighted by Gasteiger charge is 2.49. The molecule has 1 aliphatic carbocycles. The predicted octanol–water partition coefficient (Wildman–Crippen LogP) is 2.73. The smallest absolute Gasteiger partial charge is 0.257 e. The quantitative estimate of drug-likeness (QED) is 0.747. The number of fused-ring (bicyclic) bond motifs is 1. The van der Waals surface area contributed by atoms with Crippen LogP contribution in [0.3, 0.4) is 0 Å². The molecular weight excluding hydrogens is 352 g/mol. The maximum atomic E-state index is 12.9. The minimum atomic E-state index is -0.226. The normalized spacial score (nSPS) is 23.6. The van der Waals surface area contributed by atoms with Crippen LogP contribution in [0.25, 0.3) is 0 Å². The molecule has 4 rings (SSSR count). The van der Waals surface area contributed by atoms with Gasteiger partial charge in [-0.2, -0.15) is 0 Å². The summed E-state index contributed by atoms with van der Waals surface area (Å²) in [6.45, 7) is 2.26. The molecule has 3 N–H and O–H groups in total. The van der Waals surface area contributed by atoms with E-state index in [1.807, 2.05) is 24.3 Å². The molecule has 1 aromatic heterocycles. The van der Waals surface area contributed by atoms with Crippen molar-refractivity contribution >= 4 is 17.5 Å². The van der Waals surface area contributed by atoms with Crippen LogP contribution in [-0.2, 0) is 11.3 Å². The highest BCUT2D eigenvalue weighted by atomic mass is 16.2. The molecule has 1 aromatic carbocycles. The topological polar surface area (TPSA) is 83.1 Å². The fourth-order valence-corrected chi connectivity index (χ4v) is 4.46. The van der Waals surface area contributed by atoms with Crippen molar-refractivity contribution in [2.45, 2.75) is 32.2 Å². The SMILES string of the molecule is O=C(Nc1ccc(CNC(=O)[C@@]23CCCC[C@H]2CNC3)cc1)c1cccnc1. The molecule has 6 heteroatoms. The van der Waals surface area contributed by atoms with Crippen LogP contribution in [0, 0.1) is 11.3 Å².